The van der Waals surface area contributed by atoms with Gasteiger partial charge in [0.15, 0.2) is 0 Å². The number of hydrogen-bond acceptors (Lipinski definition) is 5. The van der Waals surface area contributed by atoms with Crippen molar-refractivity contribution in [2.45, 2.75) is 6.42 Å². The van der Waals surface area contributed by atoms with Crippen molar-refractivity contribution >= 4 is 11.8 Å². The maximum Gasteiger partial charge on any atom is 0.374 e. The lowest BCUT2D eigenvalue weighted by Crippen LogP contribution is -2.38. The Bertz CT molecular complexity index is 577. The third-order valence-corrected chi connectivity index (χ3v) is 2.87. The standard InChI is InChI=1S/C11H11N5O2/c17-11(18)9-14-6-7(8-12-2-3-13-8)10(15-9)16-4-1-5-16/h2-3,6H,1,4-5H2,(H,12,13)(H,17,18). The molecule has 92 valence electrons. The molecule has 0 bridgehead atoms. The largest absolute Gasteiger partial charge is 0.475 e. The van der Waals surface area contributed by atoms with Gasteiger partial charge in [-0.05, 0) is 6.42 Å². The lowest BCUT2D eigenvalue weighted by molar-refractivity contribution is 0.0683. The van der Waals surface area contributed by atoms with Crippen LogP contribution in [0.5, 0.6) is 0 Å². The van der Waals surface area contributed by atoms with Crippen molar-refractivity contribution in [2.24, 2.45) is 0 Å². The molecule has 2 aromatic heterocycles. The monoisotopic (exact) mass is 245 g/mol. The highest BCUT2D eigenvalue weighted by molar-refractivity contribution is 5.85. The molecule has 3 heterocycles. The van der Waals surface area contributed by atoms with Gasteiger partial charge in [-0.15, -0.1) is 0 Å². The first kappa shape index (κ1) is 10.7. The number of nitrogens with one attached hydrogen (secondary N) is 1. The summed E-state index contributed by atoms with van der Waals surface area (Å²) in [6.45, 7) is 1.76. The second-order valence-electron chi connectivity index (χ2n) is 4.01. The highest BCUT2D eigenvalue weighted by Gasteiger charge is 2.23. The molecule has 7 heteroatoms. The number of aromatic amines is 1. The summed E-state index contributed by atoms with van der Waals surface area (Å²) in [7, 11) is 0. The van der Waals surface area contributed by atoms with Crippen molar-refractivity contribution in [1.82, 2.24) is 19.9 Å². The van der Waals surface area contributed by atoms with E-state index < -0.39 is 5.97 Å². The van der Waals surface area contributed by atoms with Crippen LogP contribution in [0, 0.1) is 0 Å². The van der Waals surface area contributed by atoms with Gasteiger partial charge >= 0.3 is 5.97 Å². The Morgan fingerprint density at radius 1 is 1.39 bits per heavy atom. The second-order valence-corrected chi connectivity index (χ2v) is 4.01. The zero-order valence-electron chi connectivity index (χ0n) is 9.50. The molecule has 3 rings (SSSR count). The number of H-pyrrole nitrogens is 1. The minimum Gasteiger partial charge on any atom is -0.475 e. The molecular formula is C11H11N5O2. The van der Waals surface area contributed by atoms with Crippen LogP contribution in [0.3, 0.4) is 0 Å². The molecule has 1 fully saturated rings. The average Bonchev–Trinajstić information content (AvgIpc) is 2.80. The number of nitrogens with zero attached hydrogens (tertiary/aromatic N) is 4. The van der Waals surface area contributed by atoms with E-state index in [0.717, 1.165) is 25.1 Å². The first-order chi connectivity index (χ1) is 8.75. The Morgan fingerprint density at radius 2 is 2.22 bits per heavy atom. The summed E-state index contributed by atoms with van der Waals surface area (Å²) in [5.74, 6) is -0.0348. The van der Waals surface area contributed by atoms with Crippen molar-refractivity contribution in [3.63, 3.8) is 0 Å². The molecule has 0 amide bonds. The minimum absolute atomic E-state index is 0.188. The Labute approximate surface area is 103 Å². The zero-order valence-corrected chi connectivity index (χ0v) is 9.50. The van der Waals surface area contributed by atoms with Crippen LogP contribution in [0.2, 0.25) is 0 Å². The average molecular weight is 245 g/mol. The summed E-state index contributed by atoms with van der Waals surface area (Å²) < 4.78 is 0. The molecule has 18 heavy (non-hydrogen) atoms. The number of carboxylic acid groups (broad SMARTS) is 1. The molecule has 0 unspecified atom stereocenters. The van der Waals surface area contributed by atoms with Crippen LogP contribution in [0.25, 0.3) is 11.4 Å². The number of carboxylic acids is 1. The van der Waals surface area contributed by atoms with Crippen LogP contribution < -0.4 is 4.90 Å². The molecular weight excluding hydrogens is 234 g/mol. The number of imidazole rings is 1. The molecule has 0 radical (unpaired) electrons. The van der Waals surface area contributed by atoms with E-state index in [4.69, 9.17) is 5.11 Å². The molecule has 0 saturated carbocycles. The molecule has 1 aliphatic rings. The van der Waals surface area contributed by atoms with Gasteiger partial charge in [0.2, 0.25) is 5.82 Å². The van der Waals surface area contributed by atoms with Gasteiger partial charge in [0.1, 0.15) is 11.6 Å². The van der Waals surface area contributed by atoms with Gasteiger partial charge in [-0.2, -0.15) is 0 Å². The molecule has 0 aliphatic carbocycles. The molecule has 0 atom stereocenters. The van der Waals surface area contributed by atoms with Crippen LogP contribution in [0.1, 0.15) is 17.0 Å². The van der Waals surface area contributed by atoms with E-state index in [0.29, 0.717) is 11.6 Å². The Kier molecular flexibility index (Phi) is 2.44. The van der Waals surface area contributed by atoms with Crippen LogP contribution in [-0.4, -0.2) is 44.1 Å². The van der Waals surface area contributed by atoms with Crippen LogP contribution in [0.4, 0.5) is 5.82 Å². The van der Waals surface area contributed by atoms with Crippen molar-refractivity contribution in [1.29, 1.82) is 0 Å². The fourth-order valence-electron chi connectivity index (χ4n) is 1.82. The molecule has 0 spiro atoms. The summed E-state index contributed by atoms with van der Waals surface area (Å²) in [5, 5.41) is 8.94. The maximum absolute atomic E-state index is 10.9. The van der Waals surface area contributed by atoms with Gasteiger partial charge < -0.3 is 15.0 Å². The SMILES string of the molecule is O=C(O)c1ncc(-c2ncc[nH]2)c(N2CCC2)n1. The molecule has 2 N–H and O–H groups in total. The second kappa shape index (κ2) is 4.10. The summed E-state index contributed by atoms with van der Waals surface area (Å²) in [5.41, 5.74) is 0.727. The Hall–Kier alpha value is -2.44. The van der Waals surface area contributed by atoms with Gasteiger partial charge in [0, 0.05) is 31.7 Å². The number of aromatic nitrogens is 4. The lowest BCUT2D eigenvalue weighted by atomic mass is 10.2. The Morgan fingerprint density at radius 3 is 2.78 bits per heavy atom. The van der Waals surface area contributed by atoms with E-state index in [1.807, 2.05) is 4.90 Å². The molecule has 1 aliphatic heterocycles. The molecule has 2 aromatic rings. The first-order valence-electron chi connectivity index (χ1n) is 5.61. The van der Waals surface area contributed by atoms with Crippen molar-refractivity contribution < 1.29 is 9.90 Å². The van der Waals surface area contributed by atoms with Gasteiger partial charge in [-0.1, -0.05) is 0 Å². The Balaban J connectivity index is 2.10. The molecule has 0 aromatic carbocycles. The van der Waals surface area contributed by atoms with Crippen molar-refractivity contribution in [3.8, 4) is 11.4 Å². The van der Waals surface area contributed by atoms with Gasteiger partial charge in [-0.25, -0.2) is 19.7 Å². The highest BCUT2D eigenvalue weighted by atomic mass is 16.4. The van der Waals surface area contributed by atoms with E-state index in [9.17, 15) is 4.79 Å². The number of rotatable bonds is 3. The quantitative estimate of drug-likeness (QED) is 0.829. The van der Waals surface area contributed by atoms with Gasteiger partial charge in [-0.3, -0.25) is 0 Å². The van der Waals surface area contributed by atoms with Gasteiger partial charge in [0.05, 0.1) is 5.56 Å². The first-order valence-corrected chi connectivity index (χ1v) is 5.61. The van der Waals surface area contributed by atoms with Crippen LogP contribution in [0.15, 0.2) is 18.6 Å². The molecule has 7 nitrogen and oxygen atoms in total. The van der Waals surface area contributed by atoms with E-state index >= 15 is 0 Å². The van der Waals surface area contributed by atoms with E-state index in [1.54, 1.807) is 12.4 Å². The van der Waals surface area contributed by atoms with Crippen LogP contribution >= 0.6 is 0 Å². The smallest absolute Gasteiger partial charge is 0.374 e. The summed E-state index contributed by atoms with van der Waals surface area (Å²) in [6, 6.07) is 0. The van der Waals surface area contributed by atoms with Crippen molar-refractivity contribution in [2.75, 3.05) is 18.0 Å². The third kappa shape index (κ3) is 1.69. The summed E-state index contributed by atoms with van der Waals surface area (Å²) >= 11 is 0. The molecule has 1 saturated heterocycles. The highest BCUT2D eigenvalue weighted by Crippen LogP contribution is 2.28. The fraction of sp³-hybridized carbons (Fsp3) is 0.273. The number of hydrogen-bond donors (Lipinski definition) is 2. The summed E-state index contributed by atoms with van der Waals surface area (Å²) in [6.07, 6.45) is 5.94. The van der Waals surface area contributed by atoms with E-state index in [-0.39, 0.29) is 5.82 Å². The fourth-order valence-corrected chi connectivity index (χ4v) is 1.82. The topological polar surface area (TPSA) is 95.0 Å². The number of anilines is 1. The zero-order chi connectivity index (χ0) is 12.5. The van der Waals surface area contributed by atoms with E-state index in [1.165, 1.54) is 6.20 Å². The number of carbonyl (C=O) groups is 1. The minimum atomic E-state index is -1.12. The lowest BCUT2D eigenvalue weighted by Gasteiger charge is -2.33. The number of aromatic carboxylic acids is 1. The van der Waals surface area contributed by atoms with E-state index in [2.05, 4.69) is 19.9 Å². The van der Waals surface area contributed by atoms with Crippen LogP contribution in [-0.2, 0) is 0 Å². The van der Waals surface area contributed by atoms with Gasteiger partial charge in [0.25, 0.3) is 0 Å². The third-order valence-electron chi connectivity index (χ3n) is 2.87. The predicted molar refractivity (Wildman–Crippen MR) is 63.4 cm³/mol. The predicted octanol–water partition coefficient (Wildman–Crippen LogP) is 0.775. The normalized spacial score (nSPS) is 14.3. The summed E-state index contributed by atoms with van der Waals surface area (Å²) in [4.78, 5) is 28.0. The maximum atomic E-state index is 10.9. The van der Waals surface area contributed by atoms with Crippen molar-refractivity contribution in [3.05, 3.63) is 24.4 Å².